The molecule has 0 saturated heterocycles. The zero-order valence-electron chi connectivity index (χ0n) is 11.3. The van der Waals surface area contributed by atoms with Crippen molar-refractivity contribution in [3.63, 3.8) is 0 Å². The highest BCUT2D eigenvalue weighted by Crippen LogP contribution is 2.18. The minimum Gasteiger partial charge on any atom is -0.476 e. The lowest BCUT2D eigenvalue weighted by Crippen LogP contribution is -2.28. The number of hydrogen-bond acceptors (Lipinski definition) is 4. The van der Waals surface area contributed by atoms with Crippen LogP contribution < -0.4 is 5.32 Å². The molecule has 5 nitrogen and oxygen atoms in total. The number of nitrogens with zero attached hydrogens (tertiary/aromatic N) is 2. The molecule has 108 valence electrons. The van der Waals surface area contributed by atoms with Gasteiger partial charge in [0, 0.05) is 36.5 Å². The van der Waals surface area contributed by atoms with Crippen molar-refractivity contribution in [1.29, 1.82) is 0 Å². The van der Waals surface area contributed by atoms with Gasteiger partial charge in [0.1, 0.15) is 5.82 Å². The van der Waals surface area contributed by atoms with Crippen molar-refractivity contribution in [1.82, 2.24) is 15.3 Å². The molecule has 0 radical (unpaired) electrons. The van der Waals surface area contributed by atoms with E-state index < -0.39 is 5.97 Å². The van der Waals surface area contributed by atoms with Crippen molar-refractivity contribution >= 4 is 17.6 Å². The minimum atomic E-state index is -1.00. The lowest BCUT2D eigenvalue weighted by molar-refractivity contribution is 0.0688. The smallest absolute Gasteiger partial charge is 0.354 e. The predicted molar refractivity (Wildman–Crippen MR) is 78.7 cm³/mol. The standard InChI is InChI=1S/C15H14ClN3O2/c16-10-3-1-9(2-4-10)7-13-18-12-5-6-17-8-11(12)14(19-13)15(20)21/h1-4,17H,5-8H2,(H,20,21). The molecule has 0 amide bonds. The van der Waals surface area contributed by atoms with Crippen LogP contribution in [0.25, 0.3) is 0 Å². The van der Waals surface area contributed by atoms with Crippen LogP contribution in [-0.4, -0.2) is 27.6 Å². The molecule has 0 unspecified atom stereocenters. The topological polar surface area (TPSA) is 75.1 Å². The Kier molecular flexibility index (Phi) is 3.86. The summed E-state index contributed by atoms with van der Waals surface area (Å²) in [6.07, 6.45) is 1.23. The molecular weight excluding hydrogens is 290 g/mol. The Balaban J connectivity index is 1.97. The van der Waals surface area contributed by atoms with Gasteiger partial charge < -0.3 is 10.4 Å². The number of halogens is 1. The van der Waals surface area contributed by atoms with Crippen molar-refractivity contribution in [3.8, 4) is 0 Å². The number of aromatic nitrogens is 2. The zero-order chi connectivity index (χ0) is 14.8. The first-order valence-electron chi connectivity index (χ1n) is 6.70. The number of benzene rings is 1. The summed E-state index contributed by atoms with van der Waals surface area (Å²) < 4.78 is 0. The largest absolute Gasteiger partial charge is 0.476 e. The van der Waals surface area contributed by atoms with E-state index in [0.717, 1.165) is 24.2 Å². The van der Waals surface area contributed by atoms with E-state index in [0.29, 0.717) is 29.4 Å². The maximum absolute atomic E-state index is 11.4. The zero-order valence-corrected chi connectivity index (χ0v) is 12.0. The van der Waals surface area contributed by atoms with Crippen molar-refractivity contribution in [3.05, 3.63) is 57.6 Å². The second-order valence-corrected chi connectivity index (χ2v) is 5.39. The third kappa shape index (κ3) is 3.04. The number of rotatable bonds is 3. The Bertz CT molecular complexity index is 686. The lowest BCUT2D eigenvalue weighted by Gasteiger charge is -2.18. The average Bonchev–Trinajstić information content (AvgIpc) is 2.48. The highest BCUT2D eigenvalue weighted by Gasteiger charge is 2.21. The van der Waals surface area contributed by atoms with Crippen LogP contribution in [0, 0.1) is 0 Å². The quantitative estimate of drug-likeness (QED) is 0.908. The number of fused-ring (bicyclic) bond motifs is 1. The Labute approximate surface area is 127 Å². The van der Waals surface area contributed by atoms with Gasteiger partial charge in [-0.25, -0.2) is 14.8 Å². The number of carboxylic acids is 1. The third-order valence-electron chi connectivity index (χ3n) is 3.46. The number of aromatic carboxylic acids is 1. The molecule has 2 N–H and O–H groups in total. The first kappa shape index (κ1) is 14.0. The Hall–Kier alpha value is -1.98. The van der Waals surface area contributed by atoms with Crippen LogP contribution in [0.1, 0.15) is 33.1 Å². The van der Waals surface area contributed by atoms with E-state index in [-0.39, 0.29) is 5.69 Å². The van der Waals surface area contributed by atoms with Crippen molar-refractivity contribution < 1.29 is 9.90 Å². The number of carbonyl (C=O) groups is 1. The predicted octanol–water partition coefficient (Wildman–Crippen LogP) is 2.06. The molecule has 0 saturated carbocycles. The van der Waals surface area contributed by atoms with Gasteiger partial charge >= 0.3 is 5.97 Å². The van der Waals surface area contributed by atoms with Gasteiger partial charge in [0.25, 0.3) is 0 Å². The number of carboxylic acid groups (broad SMARTS) is 1. The fourth-order valence-electron chi connectivity index (χ4n) is 2.43. The SMILES string of the molecule is O=C(O)c1nc(Cc2ccc(Cl)cc2)nc2c1CNCC2. The van der Waals surface area contributed by atoms with E-state index >= 15 is 0 Å². The maximum Gasteiger partial charge on any atom is 0.354 e. The molecular formula is C15H14ClN3O2. The van der Waals surface area contributed by atoms with E-state index in [9.17, 15) is 9.90 Å². The molecule has 1 aliphatic heterocycles. The van der Waals surface area contributed by atoms with Crippen LogP contribution in [0.2, 0.25) is 5.02 Å². The highest BCUT2D eigenvalue weighted by molar-refractivity contribution is 6.30. The van der Waals surface area contributed by atoms with Gasteiger partial charge in [0.05, 0.1) is 5.69 Å². The molecule has 1 aromatic heterocycles. The molecule has 0 spiro atoms. The molecule has 3 rings (SSSR count). The summed E-state index contributed by atoms with van der Waals surface area (Å²) in [6.45, 7) is 1.32. The van der Waals surface area contributed by atoms with Gasteiger partial charge in [-0.3, -0.25) is 0 Å². The normalized spacial score (nSPS) is 13.8. The molecule has 1 aliphatic rings. The third-order valence-corrected chi connectivity index (χ3v) is 3.71. The van der Waals surface area contributed by atoms with Gasteiger partial charge in [-0.15, -0.1) is 0 Å². The summed E-state index contributed by atoms with van der Waals surface area (Å²) in [4.78, 5) is 20.1. The summed E-state index contributed by atoms with van der Waals surface area (Å²) in [7, 11) is 0. The molecule has 0 bridgehead atoms. The van der Waals surface area contributed by atoms with Gasteiger partial charge in [-0.1, -0.05) is 23.7 Å². The van der Waals surface area contributed by atoms with E-state index in [1.165, 1.54) is 0 Å². The lowest BCUT2D eigenvalue weighted by atomic mass is 10.0. The molecule has 6 heteroatoms. The van der Waals surface area contributed by atoms with Gasteiger partial charge in [0.2, 0.25) is 0 Å². The van der Waals surface area contributed by atoms with Crippen LogP contribution in [0.3, 0.4) is 0 Å². The van der Waals surface area contributed by atoms with Crippen molar-refractivity contribution in [2.24, 2.45) is 0 Å². The fraction of sp³-hybridized carbons (Fsp3) is 0.267. The van der Waals surface area contributed by atoms with Crippen LogP contribution in [0.5, 0.6) is 0 Å². The molecule has 0 aliphatic carbocycles. The molecule has 0 atom stereocenters. The highest BCUT2D eigenvalue weighted by atomic mass is 35.5. The van der Waals surface area contributed by atoms with Crippen LogP contribution in [0.15, 0.2) is 24.3 Å². The van der Waals surface area contributed by atoms with Crippen molar-refractivity contribution in [2.75, 3.05) is 6.54 Å². The summed E-state index contributed by atoms with van der Waals surface area (Å²) >= 11 is 5.86. The Morgan fingerprint density at radius 2 is 2.05 bits per heavy atom. The molecule has 2 aromatic rings. The van der Waals surface area contributed by atoms with Gasteiger partial charge in [-0.05, 0) is 17.7 Å². The molecule has 0 fully saturated rings. The van der Waals surface area contributed by atoms with Crippen molar-refractivity contribution in [2.45, 2.75) is 19.4 Å². The summed E-state index contributed by atoms with van der Waals surface area (Å²) in [5, 5.41) is 13.2. The second kappa shape index (κ2) is 5.79. The first-order valence-corrected chi connectivity index (χ1v) is 7.08. The van der Waals surface area contributed by atoms with E-state index in [4.69, 9.17) is 11.6 Å². The van der Waals surface area contributed by atoms with Crippen LogP contribution in [-0.2, 0) is 19.4 Å². The van der Waals surface area contributed by atoms with Gasteiger partial charge in [0.15, 0.2) is 5.69 Å². The molecule has 1 aromatic carbocycles. The minimum absolute atomic E-state index is 0.108. The van der Waals surface area contributed by atoms with E-state index in [1.54, 1.807) is 12.1 Å². The maximum atomic E-state index is 11.4. The van der Waals surface area contributed by atoms with E-state index in [2.05, 4.69) is 15.3 Å². The number of nitrogens with one attached hydrogen (secondary N) is 1. The van der Waals surface area contributed by atoms with Crippen LogP contribution >= 0.6 is 11.6 Å². The van der Waals surface area contributed by atoms with E-state index in [1.807, 2.05) is 12.1 Å². The fourth-order valence-corrected chi connectivity index (χ4v) is 2.56. The number of hydrogen-bond donors (Lipinski definition) is 2. The van der Waals surface area contributed by atoms with Gasteiger partial charge in [-0.2, -0.15) is 0 Å². The second-order valence-electron chi connectivity index (χ2n) is 4.95. The molecule has 21 heavy (non-hydrogen) atoms. The summed E-state index contributed by atoms with van der Waals surface area (Å²) in [5.74, 6) is -0.468. The Morgan fingerprint density at radius 3 is 2.76 bits per heavy atom. The summed E-state index contributed by atoms with van der Waals surface area (Å²) in [6, 6.07) is 7.40. The Morgan fingerprint density at radius 1 is 1.29 bits per heavy atom. The first-order chi connectivity index (χ1) is 10.1. The summed E-state index contributed by atoms with van der Waals surface area (Å²) in [5.41, 5.74) is 2.65. The molecule has 2 heterocycles. The monoisotopic (exact) mass is 303 g/mol. The average molecular weight is 304 g/mol. The van der Waals surface area contributed by atoms with Crippen LogP contribution in [0.4, 0.5) is 0 Å².